The number of ether oxygens (including phenoxy) is 2. The van der Waals surface area contributed by atoms with Crippen LogP contribution in [0, 0.1) is 5.92 Å². The normalized spacial score (nSPS) is 28.1. The van der Waals surface area contributed by atoms with Crippen LogP contribution in [0.1, 0.15) is 20.1 Å². The highest BCUT2D eigenvalue weighted by atomic mass is 16.6. The molecule has 0 saturated carbocycles. The van der Waals surface area contributed by atoms with E-state index in [1.54, 1.807) is 13.8 Å². The predicted molar refractivity (Wildman–Crippen MR) is 78.8 cm³/mol. The molecule has 1 aliphatic heterocycles. The van der Waals surface area contributed by atoms with Crippen molar-refractivity contribution in [2.24, 2.45) is 11.7 Å². The maximum Gasteiger partial charge on any atom is 0.347 e. The molecule has 11 heteroatoms. The second-order valence-corrected chi connectivity index (χ2v) is 5.83. The van der Waals surface area contributed by atoms with E-state index in [0.717, 1.165) is 6.20 Å². The quantitative estimate of drug-likeness (QED) is 0.408. The number of carbonyl (C=O) groups excluding carboxylic acids is 1. The third kappa shape index (κ3) is 3.70. The van der Waals surface area contributed by atoms with Gasteiger partial charge in [-0.05, 0) is 5.92 Å². The minimum absolute atomic E-state index is 0.130. The molecule has 5 N–H and O–H groups in total. The molecule has 1 aromatic rings. The van der Waals surface area contributed by atoms with Gasteiger partial charge >= 0.3 is 11.7 Å². The first kappa shape index (κ1) is 18.3. The Kier molecular flexibility index (Phi) is 5.49. The third-order valence-corrected chi connectivity index (χ3v) is 3.70. The molecule has 0 spiro atoms. The molecule has 1 unspecified atom stereocenters. The number of rotatable bonds is 5. The third-order valence-electron chi connectivity index (χ3n) is 3.70. The van der Waals surface area contributed by atoms with Crippen molar-refractivity contribution in [1.29, 1.82) is 0 Å². The summed E-state index contributed by atoms with van der Waals surface area (Å²) in [4.78, 5) is 36.4. The van der Waals surface area contributed by atoms with Crippen molar-refractivity contribution in [3.8, 4) is 0 Å². The van der Waals surface area contributed by atoms with Crippen LogP contribution in [0.25, 0.3) is 0 Å². The molecule has 1 aromatic heterocycles. The van der Waals surface area contributed by atoms with E-state index in [1.165, 1.54) is 0 Å². The van der Waals surface area contributed by atoms with Gasteiger partial charge in [0.05, 0.1) is 0 Å². The first-order chi connectivity index (χ1) is 11.2. The topological polar surface area (TPSA) is 170 Å². The van der Waals surface area contributed by atoms with Crippen LogP contribution in [0.4, 0.5) is 0 Å². The highest BCUT2D eigenvalue weighted by Crippen LogP contribution is 2.27. The van der Waals surface area contributed by atoms with Crippen molar-refractivity contribution in [3.63, 3.8) is 0 Å². The number of aromatic amines is 1. The number of aromatic nitrogens is 3. The van der Waals surface area contributed by atoms with Crippen LogP contribution in [-0.2, 0) is 14.3 Å². The van der Waals surface area contributed by atoms with E-state index in [9.17, 15) is 24.6 Å². The number of hydrogen-bond acceptors (Lipinski definition) is 9. The molecule has 24 heavy (non-hydrogen) atoms. The van der Waals surface area contributed by atoms with Crippen LogP contribution in [0.3, 0.4) is 0 Å². The molecule has 1 saturated heterocycles. The summed E-state index contributed by atoms with van der Waals surface area (Å²) in [7, 11) is 0. The Bertz CT molecular complexity index is 700. The van der Waals surface area contributed by atoms with E-state index >= 15 is 0 Å². The summed E-state index contributed by atoms with van der Waals surface area (Å²) >= 11 is 0. The molecule has 0 radical (unpaired) electrons. The van der Waals surface area contributed by atoms with Crippen LogP contribution >= 0.6 is 0 Å². The Morgan fingerprint density at radius 2 is 2.12 bits per heavy atom. The number of esters is 1. The second kappa shape index (κ2) is 7.21. The maximum atomic E-state index is 11.7. The minimum atomic E-state index is -1.50. The zero-order valence-electron chi connectivity index (χ0n) is 13.2. The number of nitrogens with zero attached hydrogens (tertiary/aromatic N) is 2. The summed E-state index contributed by atoms with van der Waals surface area (Å²) < 4.78 is 11.0. The highest BCUT2D eigenvalue weighted by molar-refractivity contribution is 5.75. The van der Waals surface area contributed by atoms with E-state index in [-0.39, 0.29) is 12.5 Å². The Labute approximate surface area is 136 Å². The van der Waals surface area contributed by atoms with Crippen molar-refractivity contribution in [2.75, 3.05) is 6.61 Å². The van der Waals surface area contributed by atoms with Crippen molar-refractivity contribution in [1.82, 2.24) is 14.8 Å². The van der Waals surface area contributed by atoms with Crippen molar-refractivity contribution in [2.45, 2.75) is 44.4 Å². The first-order valence-electron chi connectivity index (χ1n) is 7.34. The zero-order valence-corrected chi connectivity index (χ0v) is 13.2. The second-order valence-electron chi connectivity index (χ2n) is 5.83. The summed E-state index contributed by atoms with van der Waals surface area (Å²) in [6, 6.07) is -0.826. The van der Waals surface area contributed by atoms with Gasteiger partial charge < -0.3 is 25.4 Å². The molecule has 2 heterocycles. The smallest absolute Gasteiger partial charge is 0.347 e. The molecular formula is C13H20N4O7. The largest absolute Gasteiger partial charge is 0.462 e. The fraction of sp³-hybridized carbons (Fsp3) is 0.692. The predicted octanol–water partition coefficient (Wildman–Crippen LogP) is -2.92. The minimum Gasteiger partial charge on any atom is -0.462 e. The lowest BCUT2D eigenvalue weighted by atomic mass is 10.1. The fourth-order valence-corrected chi connectivity index (χ4v) is 2.14. The van der Waals surface area contributed by atoms with Gasteiger partial charge in [-0.25, -0.2) is 4.79 Å². The Morgan fingerprint density at radius 3 is 2.71 bits per heavy atom. The molecule has 134 valence electrons. The van der Waals surface area contributed by atoms with E-state index in [2.05, 4.69) is 5.10 Å². The standard InChI is InChI=1S/C13H20N4O7/c1-5(2)8(14)12(21)23-4-6-9(19)10(20)11(24-6)17-13(22)16-7(18)3-15-17/h3,5-6,8-11,19-20H,4,14H2,1-2H3,(H,16,18,22)/t6-,8-,9+,10?,11-/m1/s1. The number of aliphatic hydroxyl groups excluding tert-OH is 2. The van der Waals surface area contributed by atoms with Crippen molar-refractivity contribution in [3.05, 3.63) is 27.0 Å². The number of carbonyl (C=O) groups is 1. The lowest BCUT2D eigenvalue weighted by Gasteiger charge is -2.18. The molecule has 11 nitrogen and oxygen atoms in total. The number of H-pyrrole nitrogens is 1. The van der Waals surface area contributed by atoms with Gasteiger partial charge in [-0.15, -0.1) is 0 Å². The van der Waals surface area contributed by atoms with E-state index < -0.39 is 47.8 Å². The van der Waals surface area contributed by atoms with E-state index in [1.807, 2.05) is 4.98 Å². The van der Waals surface area contributed by atoms with Gasteiger partial charge in [0.15, 0.2) is 6.23 Å². The summed E-state index contributed by atoms with van der Waals surface area (Å²) in [5, 5.41) is 23.6. The average Bonchev–Trinajstić information content (AvgIpc) is 2.80. The Morgan fingerprint density at radius 1 is 1.46 bits per heavy atom. The SMILES string of the molecule is CC(C)[C@@H](N)C(=O)OC[C@H]1O[C@@H](n2ncc(=O)[nH]c2=O)C(O)[C@H]1O. The molecule has 0 bridgehead atoms. The summed E-state index contributed by atoms with van der Waals surface area (Å²) in [6.45, 7) is 3.15. The highest BCUT2D eigenvalue weighted by Gasteiger charge is 2.45. The van der Waals surface area contributed by atoms with Gasteiger partial charge in [-0.3, -0.25) is 14.6 Å². The van der Waals surface area contributed by atoms with E-state index in [0.29, 0.717) is 4.68 Å². The molecule has 1 aliphatic rings. The monoisotopic (exact) mass is 344 g/mol. The molecule has 2 rings (SSSR count). The van der Waals surface area contributed by atoms with E-state index in [4.69, 9.17) is 15.2 Å². The Balaban J connectivity index is 2.06. The molecule has 0 aliphatic carbocycles. The van der Waals surface area contributed by atoms with Gasteiger partial charge in [-0.1, -0.05) is 13.8 Å². The van der Waals surface area contributed by atoms with Gasteiger partial charge in [0.2, 0.25) is 0 Å². The summed E-state index contributed by atoms with van der Waals surface area (Å²) in [6.07, 6.45) is -4.48. The van der Waals surface area contributed by atoms with Crippen LogP contribution < -0.4 is 17.0 Å². The molecule has 1 fully saturated rings. The number of aliphatic hydroxyl groups is 2. The lowest BCUT2D eigenvalue weighted by molar-refractivity contribution is -0.153. The van der Waals surface area contributed by atoms with Gasteiger partial charge in [0, 0.05) is 0 Å². The molecule has 0 aromatic carbocycles. The summed E-state index contributed by atoms with van der Waals surface area (Å²) in [5.41, 5.74) is 4.03. The molecule has 5 atom stereocenters. The van der Waals surface area contributed by atoms with Gasteiger partial charge in [-0.2, -0.15) is 9.78 Å². The maximum absolute atomic E-state index is 11.7. The van der Waals surface area contributed by atoms with Crippen LogP contribution in [-0.4, -0.2) is 61.9 Å². The fourth-order valence-electron chi connectivity index (χ4n) is 2.14. The van der Waals surface area contributed by atoms with Gasteiger partial charge in [0.1, 0.15) is 37.2 Å². The van der Waals surface area contributed by atoms with Crippen LogP contribution in [0.15, 0.2) is 15.8 Å². The number of nitrogens with one attached hydrogen (secondary N) is 1. The lowest BCUT2D eigenvalue weighted by Crippen LogP contribution is -2.40. The van der Waals surface area contributed by atoms with Crippen molar-refractivity contribution < 1.29 is 24.5 Å². The van der Waals surface area contributed by atoms with Crippen LogP contribution in [0.2, 0.25) is 0 Å². The molecule has 0 amide bonds. The van der Waals surface area contributed by atoms with Crippen molar-refractivity contribution >= 4 is 5.97 Å². The zero-order chi connectivity index (χ0) is 18.0. The average molecular weight is 344 g/mol. The summed E-state index contributed by atoms with van der Waals surface area (Å²) in [5.74, 6) is -0.799. The number of nitrogens with two attached hydrogens (primary N) is 1. The molecular weight excluding hydrogens is 324 g/mol. The van der Waals surface area contributed by atoms with Crippen LogP contribution in [0.5, 0.6) is 0 Å². The first-order valence-corrected chi connectivity index (χ1v) is 7.34. The Hall–Kier alpha value is -2.08. The van der Waals surface area contributed by atoms with Gasteiger partial charge in [0.25, 0.3) is 5.56 Å². The number of hydrogen-bond donors (Lipinski definition) is 4.